The summed E-state index contributed by atoms with van der Waals surface area (Å²) in [6, 6.07) is 20.1. The molecule has 4 nitrogen and oxygen atoms in total. The number of fused-ring (bicyclic) bond motifs is 3. The van der Waals surface area contributed by atoms with Crippen LogP contribution < -0.4 is 10.6 Å². The lowest BCUT2D eigenvalue weighted by molar-refractivity contribution is 0.538. The van der Waals surface area contributed by atoms with Crippen molar-refractivity contribution in [3.05, 3.63) is 167 Å². The Morgan fingerprint density at radius 1 is 0.727 bits per heavy atom. The molecule has 3 heterocycles. The Kier molecular flexibility index (Phi) is 7.13. The number of benzene rings is 2. The van der Waals surface area contributed by atoms with Crippen LogP contribution in [0.15, 0.2) is 160 Å². The van der Waals surface area contributed by atoms with E-state index in [1.54, 1.807) is 0 Å². The van der Waals surface area contributed by atoms with Crippen molar-refractivity contribution in [3.8, 4) is 0 Å². The van der Waals surface area contributed by atoms with Gasteiger partial charge in [0.2, 0.25) is 0 Å². The molecule has 0 saturated heterocycles. The molecule has 3 aliphatic heterocycles. The summed E-state index contributed by atoms with van der Waals surface area (Å²) in [5.41, 5.74) is 11.1. The maximum atomic E-state index is 5.50. The molecule has 0 radical (unpaired) electrons. The second-order valence-corrected chi connectivity index (χ2v) is 12.1. The van der Waals surface area contributed by atoms with E-state index in [1.807, 2.05) is 12.3 Å². The topological polar surface area (TPSA) is 48.8 Å². The highest BCUT2D eigenvalue weighted by molar-refractivity contribution is 6.10. The van der Waals surface area contributed by atoms with Crippen molar-refractivity contribution < 1.29 is 0 Å². The van der Waals surface area contributed by atoms with Crippen LogP contribution in [0, 0.1) is 11.8 Å². The van der Waals surface area contributed by atoms with Crippen molar-refractivity contribution in [2.75, 3.05) is 6.54 Å². The summed E-state index contributed by atoms with van der Waals surface area (Å²) < 4.78 is 0. The van der Waals surface area contributed by atoms with E-state index in [0.717, 1.165) is 24.9 Å². The van der Waals surface area contributed by atoms with Crippen LogP contribution in [0.2, 0.25) is 0 Å². The zero-order valence-electron chi connectivity index (χ0n) is 24.7. The minimum absolute atomic E-state index is 0.137. The van der Waals surface area contributed by atoms with Crippen LogP contribution in [0.5, 0.6) is 0 Å². The van der Waals surface area contributed by atoms with Crippen LogP contribution in [0.1, 0.15) is 35.7 Å². The van der Waals surface area contributed by atoms with Crippen molar-refractivity contribution in [2.24, 2.45) is 21.8 Å². The Balaban J connectivity index is 1.19. The van der Waals surface area contributed by atoms with Crippen molar-refractivity contribution in [1.82, 2.24) is 10.6 Å². The fraction of sp³-hybridized carbons (Fsp3) is 0.200. The third-order valence-corrected chi connectivity index (χ3v) is 9.37. The molecule has 3 aliphatic carbocycles. The fourth-order valence-electron chi connectivity index (χ4n) is 7.21. The molecule has 0 fully saturated rings. The van der Waals surface area contributed by atoms with Crippen LogP contribution in [0.4, 0.5) is 0 Å². The molecule has 2 aromatic rings. The summed E-state index contributed by atoms with van der Waals surface area (Å²) in [7, 11) is 0. The minimum Gasteiger partial charge on any atom is -0.359 e. The Labute approximate surface area is 259 Å². The van der Waals surface area contributed by atoms with E-state index in [2.05, 4.69) is 138 Å². The predicted octanol–water partition coefficient (Wildman–Crippen LogP) is 7.64. The molecular formula is C40H36N4. The standard InChI is InChI=1S/C40H36N4/c1-4-12-28(13-5-1)35-36(29-14-6-2-7-15-29)43-40(44-37(35)30-16-8-3-9-17-30)31-22-20-27(21-23-31)34-26-32-18-10-24-41-38(32)39-33(34)19-11-25-42-39/h1-12,14-16,18-24,26,28,30,38-40,42-43H,13,17,25H2. The molecule has 0 bridgehead atoms. The van der Waals surface area contributed by atoms with Crippen LogP contribution >= 0.6 is 0 Å². The van der Waals surface area contributed by atoms with Crippen LogP contribution in [0.25, 0.3) is 11.3 Å². The van der Waals surface area contributed by atoms with E-state index in [0.29, 0.717) is 0 Å². The van der Waals surface area contributed by atoms with Gasteiger partial charge in [0.05, 0.1) is 17.8 Å². The van der Waals surface area contributed by atoms with Crippen LogP contribution in [-0.4, -0.2) is 30.6 Å². The molecule has 0 saturated carbocycles. The van der Waals surface area contributed by atoms with E-state index in [-0.39, 0.29) is 30.1 Å². The van der Waals surface area contributed by atoms with E-state index >= 15 is 0 Å². The van der Waals surface area contributed by atoms with Gasteiger partial charge >= 0.3 is 0 Å². The summed E-state index contributed by atoms with van der Waals surface area (Å²) >= 11 is 0. The number of hydrogen-bond donors (Lipinski definition) is 2. The summed E-state index contributed by atoms with van der Waals surface area (Å²) in [5.74, 6) is 0.531. The van der Waals surface area contributed by atoms with Gasteiger partial charge in [-0.25, -0.2) is 0 Å². The molecule has 5 unspecified atom stereocenters. The average Bonchev–Trinajstić information content (AvgIpc) is 3.12. The first kappa shape index (κ1) is 26.8. The molecule has 0 amide bonds. The van der Waals surface area contributed by atoms with Gasteiger partial charge in [0, 0.05) is 35.9 Å². The lowest BCUT2D eigenvalue weighted by Crippen LogP contribution is -2.45. The molecule has 0 aromatic heterocycles. The smallest absolute Gasteiger partial charge is 0.145 e. The maximum absolute atomic E-state index is 5.50. The first-order valence-corrected chi connectivity index (χ1v) is 15.8. The highest BCUT2D eigenvalue weighted by Crippen LogP contribution is 2.40. The third kappa shape index (κ3) is 4.95. The normalized spacial score (nSPS) is 28.4. The van der Waals surface area contributed by atoms with Crippen LogP contribution in [-0.2, 0) is 0 Å². The van der Waals surface area contributed by atoms with Gasteiger partial charge in [0.15, 0.2) is 0 Å². The lowest BCUT2D eigenvalue weighted by Gasteiger charge is -2.36. The molecule has 2 aromatic carbocycles. The Morgan fingerprint density at radius 2 is 1.52 bits per heavy atom. The lowest BCUT2D eigenvalue weighted by atomic mass is 9.79. The van der Waals surface area contributed by atoms with E-state index in [9.17, 15) is 0 Å². The van der Waals surface area contributed by atoms with Gasteiger partial charge in [-0.3, -0.25) is 9.98 Å². The third-order valence-electron chi connectivity index (χ3n) is 9.37. The monoisotopic (exact) mass is 572 g/mol. The molecule has 0 spiro atoms. The van der Waals surface area contributed by atoms with Crippen molar-refractivity contribution in [1.29, 1.82) is 0 Å². The molecule has 44 heavy (non-hydrogen) atoms. The highest BCUT2D eigenvalue weighted by Gasteiger charge is 2.34. The van der Waals surface area contributed by atoms with Gasteiger partial charge in [-0.1, -0.05) is 121 Å². The first-order valence-electron chi connectivity index (χ1n) is 15.8. The molecule has 6 aliphatic rings. The number of rotatable bonds is 5. The zero-order valence-corrected chi connectivity index (χ0v) is 24.7. The molecule has 5 atom stereocenters. The van der Waals surface area contributed by atoms with Gasteiger partial charge in [0.1, 0.15) is 6.17 Å². The summed E-state index contributed by atoms with van der Waals surface area (Å²) in [6.07, 6.45) is 32.6. The summed E-state index contributed by atoms with van der Waals surface area (Å²) in [6.45, 7) is 0.870. The number of nitrogens with zero attached hydrogens (tertiary/aromatic N) is 2. The Hall–Kier alpha value is -4.80. The summed E-state index contributed by atoms with van der Waals surface area (Å²) in [4.78, 5) is 10.3. The second kappa shape index (κ2) is 11.7. The Morgan fingerprint density at radius 3 is 2.30 bits per heavy atom. The van der Waals surface area contributed by atoms with Gasteiger partial charge in [-0.05, 0) is 58.4 Å². The van der Waals surface area contributed by atoms with E-state index in [4.69, 9.17) is 9.98 Å². The largest absolute Gasteiger partial charge is 0.359 e. The summed E-state index contributed by atoms with van der Waals surface area (Å²) in [5, 5.41) is 7.59. The van der Waals surface area contributed by atoms with Gasteiger partial charge in [-0.2, -0.15) is 0 Å². The molecular weight excluding hydrogens is 536 g/mol. The van der Waals surface area contributed by atoms with E-state index < -0.39 is 0 Å². The van der Waals surface area contributed by atoms with Gasteiger partial charge in [-0.15, -0.1) is 0 Å². The van der Waals surface area contributed by atoms with Gasteiger partial charge in [0.25, 0.3) is 0 Å². The highest BCUT2D eigenvalue weighted by atomic mass is 15.1. The van der Waals surface area contributed by atoms with E-state index in [1.165, 1.54) is 44.8 Å². The maximum Gasteiger partial charge on any atom is 0.145 e. The van der Waals surface area contributed by atoms with Crippen LogP contribution in [0.3, 0.4) is 0 Å². The number of hydrogen-bond acceptors (Lipinski definition) is 4. The zero-order chi connectivity index (χ0) is 29.3. The number of allylic oxidation sites excluding steroid dienone is 12. The predicted molar refractivity (Wildman–Crippen MR) is 183 cm³/mol. The molecule has 8 rings (SSSR count). The van der Waals surface area contributed by atoms with Gasteiger partial charge < -0.3 is 10.6 Å². The van der Waals surface area contributed by atoms with Crippen molar-refractivity contribution >= 4 is 23.2 Å². The number of nitrogens with one attached hydrogen (secondary N) is 2. The first-order chi connectivity index (χ1) is 21.8. The molecule has 4 heteroatoms. The SMILES string of the molecule is C1=CCC(C2=NC(c3ccc(C4=C5C=CCNC5C5N=CC=CC5=C4)cc3)NC(c3ccccc3)=C2C2C=CC=CC2)C=C1. The molecule has 2 N–H and O–H groups in total. The molecule has 216 valence electrons. The fourth-order valence-corrected chi connectivity index (χ4v) is 7.21. The minimum atomic E-state index is -0.174. The second-order valence-electron chi connectivity index (χ2n) is 12.1. The quantitative estimate of drug-likeness (QED) is 0.387. The van der Waals surface area contributed by atoms with Crippen molar-refractivity contribution in [3.63, 3.8) is 0 Å². The average molecular weight is 573 g/mol. The Bertz CT molecular complexity index is 1790. The number of dihydropyridines is 1. The van der Waals surface area contributed by atoms with Crippen molar-refractivity contribution in [2.45, 2.75) is 31.1 Å². The number of aliphatic imine (C=N–C) groups is 2.